The van der Waals surface area contributed by atoms with Gasteiger partial charge in [-0.3, -0.25) is 9.88 Å². The Hall–Kier alpha value is -1.77. The molecule has 0 radical (unpaired) electrons. The Kier molecular flexibility index (Phi) is 5.29. The molecular formula is C19H28N6OS. The molecule has 146 valence electrons. The maximum absolute atomic E-state index is 9.42. The first kappa shape index (κ1) is 18.6. The van der Waals surface area contributed by atoms with E-state index in [-0.39, 0.29) is 0 Å². The Bertz CT molecular complexity index is 781. The third-order valence-electron chi connectivity index (χ3n) is 5.58. The van der Waals surface area contributed by atoms with Crippen molar-refractivity contribution in [2.24, 2.45) is 5.41 Å². The molecule has 4 heterocycles. The van der Waals surface area contributed by atoms with Crippen LogP contribution in [0.25, 0.3) is 0 Å². The van der Waals surface area contributed by atoms with Crippen LogP contribution in [0.2, 0.25) is 0 Å². The quantitative estimate of drug-likeness (QED) is 0.736. The summed E-state index contributed by atoms with van der Waals surface area (Å²) in [6.07, 6.45) is 8.50. The zero-order chi connectivity index (χ0) is 18.9. The van der Waals surface area contributed by atoms with Crippen LogP contribution in [0, 0.1) is 5.41 Å². The van der Waals surface area contributed by atoms with Crippen LogP contribution in [0.1, 0.15) is 37.3 Å². The summed E-state index contributed by atoms with van der Waals surface area (Å²) in [6.45, 7) is 9.16. The highest BCUT2D eigenvalue weighted by Crippen LogP contribution is 2.41. The van der Waals surface area contributed by atoms with E-state index in [9.17, 15) is 5.11 Å². The van der Waals surface area contributed by atoms with Gasteiger partial charge in [0.05, 0.1) is 11.9 Å². The first-order valence-electron chi connectivity index (χ1n) is 9.73. The summed E-state index contributed by atoms with van der Waals surface area (Å²) >= 11 is 1.63. The summed E-state index contributed by atoms with van der Waals surface area (Å²) in [4.78, 5) is 19.7. The predicted molar refractivity (Wildman–Crippen MR) is 108 cm³/mol. The molecule has 2 aliphatic rings. The normalized spacial score (nSPS) is 24.0. The molecule has 2 aliphatic heterocycles. The minimum atomic E-state index is -0.571. The maximum atomic E-state index is 9.42. The summed E-state index contributed by atoms with van der Waals surface area (Å²) in [7, 11) is 0. The number of anilines is 2. The van der Waals surface area contributed by atoms with E-state index in [0.29, 0.717) is 5.41 Å². The number of thiazole rings is 1. The van der Waals surface area contributed by atoms with Gasteiger partial charge in [-0.1, -0.05) is 6.92 Å². The van der Waals surface area contributed by atoms with E-state index in [4.69, 9.17) is 4.98 Å². The molecule has 7 nitrogen and oxygen atoms in total. The van der Waals surface area contributed by atoms with E-state index < -0.39 is 6.23 Å². The molecule has 2 atom stereocenters. The summed E-state index contributed by atoms with van der Waals surface area (Å²) in [5.74, 6) is 1.03. The Morgan fingerprint density at radius 3 is 2.93 bits per heavy atom. The number of aromatic nitrogens is 3. The molecule has 0 aliphatic carbocycles. The molecule has 4 rings (SSSR count). The zero-order valence-corrected chi connectivity index (χ0v) is 16.9. The van der Waals surface area contributed by atoms with Gasteiger partial charge in [0.15, 0.2) is 5.13 Å². The van der Waals surface area contributed by atoms with Crippen LogP contribution in [0.15, 0.2) is 18.6 Å². The molecule has 2 aromatic heterocycles. The van der Waals surface area contributed by atoms with E-state index in [1.54, 1.807) is 18.3 Å². The van der Waals surface area contributed by atoms with Crippen molar-refractivity contribution in [2.75, 3.05) is 36.4 Å². The van der Waals surface area contributed by atoms with Crippen molar-refractivity contribution in [3.05, 3.63) is 29.2 Å². The van der Waals surface area contributed by atoms with Crippen molar-refractivity contribution in [2.45, 2.75) is 45.9 Å². The Morgan fingerprint density at radius 2 is 2.11 bits per heavy atom. The fourth-order valence-corrected chi connectivity index (χ4v) is 5.13. The molecule has 2 aromatic rings. The molecule has 2 unspecified atom stereocenters. The number of nitrogens with one attached hydrogen (secondary N) is 1. The number of nitrogens with zero attached hydrogens (tertiary/aromatic N) is 5. The van der Waals surface area contributed by atoms with Crippen LogP contribution in [0.4, 0.5) is 10.9 Å². The standard InChI is InChI=1S/C19H28N6OS/c1-3-15-8-20-10-17(23-15)25-7-5-19(13-25)4-6-24(12-19)11-16-9-21-18(27-16)22-14(2)26/h8-10,14,26H,3-7,11-13H2,1-2H3,(H,21,22). The second kappa shape index (κ2) is 7.69. The van der Waals surface area contributed by atoms with Crippen molar-refractivity contribution in [3.8, 4) is 0 Å². The topological polar surface area (TPSA) is 77.4 Å². The van der Waals surface area contributed by atoms with Gasteiger partial charge in [0.25, 0.3) is 0 Å². The first-order valence-corrected chi connectivity index (χ1v) is 10.5. The number of likely N-dealkylation sites (tertiary alicyclic amines) is 1. The van der Waals surface area contributed by atoms with Gasteiger partial charge >= 0.3 is 0 Å². The van der Waals surface area contributed by atoms with Crippen molar-refractivity contribution in [3.63, 3.8) is 0 Å². The minimum absolute atomic E-state index is 0.370. The fourth-order valence-electron chi connectivity index (χ4n) is 4.19. The van der Waals surface area contributed by atoms with Crippen LogP contribution >= 0.6 is 11.3 Å². The summed E-state index contributed by atoms with van der Waals surface area (Å²) in [6, 6.07) is 0. The average molecular weight is 389 g/mol. The lowest BCUT2D eigenvalue weighted by Crippen LogP contribution is -2.31. The van der Waals surface area contributed by atoms with Crippen LogP contribution < -0.4 is 10.2 Å². The molecule has 2 saturated heterocycles. The molecule has 0 bridgehead atoms. The van der Waals surface area contributed by atoms with Crippen molar-refractivity contribution < 1.29 is 5.11 Å². The fraction of sp³-hybridized carbons (Fsp3) is 0.632. The Labute approximate surface area is 164 Å². The Balaban J connectivity index is 1.35. The van der Waals surface area contributed by atoms with E-state index in [1.807, 2.05) is 18.6 Å². The minimum Gasteiger partial charge on any atom is -0.374 e. The monoisotopic (exact) mass is 388 g/mol. The number of rotatable bonds is 6. The van der Waals surface area contributed by atoms with Gasteiger partial charge in [-0.15, -0.1) is 11.3 Å². The molecule has 1 spiro atoms. The van der Waals surface area contributed by atoms with Crippen LogP contribution in [0.3, 0.4) is 0 Å². The smallest absolute Gasteiger partial charge is 0.184 e. The largest absolute Gasteiger partial charge is 0.374 e. The van der Waals surface area contributed by atoms with Gasteiger partial charge in [-0.2, -0.15) is 0 Å². The van der Waals surface area contributed by atoms with E-state index in [0.717, 1.165) is 55.8 Å². The van der Waals surface area contributed by atoms with Crippen LogP contribution in [-0.4, -0.2) is 57.4 Å². The summed E-state index contributed by atoms with van der Waals surface area (Å²) in [5.41, 5.74) is 1.43. The number of aliphatic hydroxyl groups excluding tert-OH is 1. The molecule has 27 heavy (non-hydrogen) atoms. The highest BCUT2D eigenvalue weighted by Gasteiger charge is 2.43. The molecule has 2 fully saturated rings. The van der Waals surface area contributed by atoms with Gasteiger partial charge in [0.2, 0.25) is 0 Å². The van der Waals surface area contributed by atoms with Crippen molar-refractivity contribution >= 4 is 22.3 Å². The lowest BCUT2D eigenvalue weighted by Gasteiger charge is -2.25. The van der Waals surface area contributed by atoms with E-state index >= 15 is 0 Å². The van der Waals surface area contributed by atoms with Gasteiger partial charge in [0.1, 0.15) is 12.0 Å². The second-order valence-corrected chi connectivity index (χ2v) is 8.92. The van der Waals surface area contributed by atoms with Gasteiger partial charge < -0.3 is 15.3 Å². The third-order valence-corrected chi connectivity index (χ3v) is 6.49. The predicted octanol–water partition coefficient (Wildman–Crippen LogP) is 2.35. The number of hydrogen-bond acceptors (Lipinski definition) is 8. The third kappa shape index (κ3) is 4.23. The van der Waals surface area contributed by atoms with Gasteiger partial charge in [0, 0.05) is 48.9 Å². The number of aryl methyl sites for hydroxylation is 1. The van der Waals surface area contributed by atoms with Crippen molar-refractivity contribution in [1.82, 2.24) is 19.9 Å². The lowest BCUT2D eigenvalue weighted by molar-refractivity contribution is 0.224. The molecule has 0 saturated carbocycles. The van der Waals surface area contributed by atoms with Crippen molar-refractivity contribution in [1.29, 1.82) is 0 Å². The first-order chi connectivity index (χ1) is 13.0. The van der Waals surface area contributed by atoms with E-state index in [1.165, 1.54) is 17.7 Å². The molecule has 2 N–H and O–H groups in total. The van der Waals surface area contributed by atoms with Gasteiger partial charge in [-0.05, 0) is 32.7 Å². The summed E-state index contributed by atoms with van der Waals surface area (Å²) < 4.78 is 0. The van der Waals surface area contributed by atoms with Crippen LogP contribution in [0.5, 0.6) is 0 Å². The molecule has 0 aromatic carbocycles. The molecule has 0 amide bonds. The number of hydrogen-bond donors (Lipinski definition) is 2. The van der Waals surface area contributed by atoms with E-state index in [2.05, 4.69) is 32.0 Å². The zero-order valence-electron chi connectivity index (χ0n) is 16.1. The highest BCUT2D eigenvalue weighted by atomic mass is 32.1. The highest BCUT2D eigenvalue weighted by molar-refractivity contribution is 7.15. The maximum Gasteiger partial charge on any atom is 0.184 e. The molecule has 8 heteroatoms. The number of aliphatic hydroxyl groups is 1. The molecular weight excluding hydrogens is 360 g/mol. The second-order valence-electron chi connectivity index (χ2n) is 7.81. The van der Waals surface area contributed by atoms with Crippen LogP contribution in [-0.2, 0) is 13.0 Å². The van der Waals surface area contributed by atoms with Gasteiger partial charge in [-0.25, -0.2) is 9.97 Å². The average Bonchev–Trinajstić information content (AvgIpc) is 3.37. The summed E-state index contributed by atoms with van der Waals surface area (Å²) in [5, 5.41) is 13.2. The SMILES string of the molecule is CCc1cncc(N2CCC3(CCN(Cc4cnc(NC(C)O)s4)C3)C2)n1. The Morgan fingerprint density at radius 1 is 1.26 bits per heavy atom. The lowest BCUT2D eigenvalue weighted by atomic mass is 9.86.